The van der Waals surface area contributed by atoms with E-state index < -0.39 is 5.97 Å². The second-order valence-corrected chi connectivity index (χ2v) is 6.81. The highest BCUT2D eigenvalue weighted by atomic mass is 35.5. The predicted octanol–water partition coefficient (Wildman–Crippen LogP) is 2.33. The fourth-order valence-electron chi connectivity index (χ4n) is 2.95. The molecule has 29 heavy (non-hydrogen) atoms. The zero-order valence-electron chi connectivity index (χ0n) is 15.4. The molecule has 2 aromatic rings. The van der Waals surface area contributed by atoms with Gasteiger partial charge in [0.25, 0.3) is 5.56 Å². The number of rotatable bonds is 6. The van der Waals surface area contributed by atoms with Crippen molar-refractivity contribution in [2.75, 3.05) is 7.11 Å². The van der Waals surface area contributed by atoms with E-state index in [9.17, 15) is 9.59 Å². The Hall–Kier alpha value is -3.46. The SMILES string of the molecule is COC(=O)c1cn(CCc2nc(Cc3ccc(Cl)cc3)no2)cc2c(=O)[nH]nc1-2. The molecular weight excluding hydrogens is 398 g/mol. The summed E-state index contributed by atoms with van der Waals surface area (Å²) in [5.41, 5.74) is 1.44. The number of halogens is 1. The molecule has 10 heteroatoms. The van der Waals surface area contributed by atoms with Crippen LogP contribution in [0.1, 0.15) is 27.6 Å². The largest absolute Gasteiger partial charge is 0.465 e. The smallest absolute Gasteiger partial charge is 0.341 e. The van der Waals surface area contributed by atoms with Crippen LogP contribution in [0, 0.1) is 0 Å². The van der Waals surface area contributed by atoms with Crippen LogP contribution < -0.4 is 5.56 Å². The number of aryl methyl sites for hydroxylation is 2. The van der Waals surface area contributed by atoms with E-state index in [2.05, 4.69) is 20.3 Å². The summed E-state index contributed by atoms with van der Waals surface area (Å²) in [6.07, 6.45) is 4.16. The Balaban J connectivity index is 1.50. The van der Waals surface area contributed by atoms with Crippen LogP contribution in [-0.2, 0) is 24.1 Å². The van der Waals surface area contributed by atoms with Crippen molar-refractivity contribution in [1.29, 1.82) is 0 Å². The second-order valence-electron chi connectivity index (χ2n) is 6.37. The van der Waals surface area contributed by atoms with Crippen LogP contribution in [0.5, 0.6) is 0 Å². The lowest BCUT2D eigenvalue weighted by Crippen LogP contribution is -2.13. The first-order chi connectivity index (χ1) is 14.0. The molecule has 0 saturated heterocycles. The lowest BCUT2D eigenvalue weighted by molar-refractivity contribution is 0.0600. The highest BCUT2D eigenvalue weighted by molar-refractivity contribution is 6.30. The number of carbonyl (C=O) groups is 1. The summed E-state index contributed by atoms with van der Waals surface area (Å²) in [5.74, 6) is 0.448. The van der Waals surface area contributed by atoms with Crippen molar-refractivity contribution in [3.63, 3.8) is 0 Å². The molecule has 0 bridgehead atoms. The van der Waals surface area contributed by atoms with Crippen LogP contribution in [0.15, 0.2) is 46.0 Å². The molecule has 4 rings (SSSR count). The second kappa shape index (κ2) is 7.88. The van der Waals surface area contributed by atoms with Gasteiger partial charge in [0, 0.05) is 36.8 Å². The first-order valence-electron chi connectivity index (χ1n) is 8.76. The van der Waals surface area contributed by atoms with Crippen molar-refractivity contribution in [3.8, 4) is 11.3 Å². The van der Waals surface area contributed by atoms with E-state index in [4.69, 9.17) is 20.9 Å². The van der Waals surface area contributed by atoms with E-state index in [1.54, 1.807) is 17.0 Å². The predicted molar refractivity (Wildman–Crippen MR) is 103 cm³/mol. The van der Waals surface area contributed by atoms with Gasteiger partial charge in [0.15, 0.2) is 5.82 Å². The summed E-state index contributed by atoms with van der Waals surface area (Å²) >= 11 is 5.89. The number of aromatic amines is 1. The van der Waals surface area contributed by atoms with E-state index in [-0.39, 0.29) is 16.8 Å². The van der Waals surface area contributed by atoms with Crippen molar-refractivity contribution >= 4 is 17.6 Å². The topological polar surface area (TPSA) is 116 Å². The van der Waals surface area contributed by atoms with Crippen LogP contribution in [-0.4, -0.2) is 38.0 Å². The summed E-state index contributed by atoms with van der Waals surface area (Å²) in [6.45, 7) is 0.424. The number of pyridine rings is 1. The third-order valence-corrected chi connectivity index (χ3v) is 4.64. The number of benzene rings is 1. The number of fused-ring (bicyclic) bond motifs is 1. The lowest BCUT2D eigenvalue weighted by atomic mass is 10.1. The number of carbonyl (C=O) groups excluding carboxylic acids is 1. The van der Waals surface area contributed by atoms with Gasteiger partial charge in [0.1, 0.15) is 11.3 Å². The van der Waals surface area contributed by atoms with Gasteiger partial charge in [-0.05, 0) is 17.7 Å². The number of aromatic nitrogens is 5. The van der Waals surface area contributed by atoms with Gasteiger partial charge in [-0.25, -0.2) is 9.89 Å². The molecule has 3 heterocycles. The Morgan fingerprint density at radius 2 is 2.07 bits per heavy atom. The van der Waals surface area contributed by atoms with Crippen molar-refractivity contribution in [2.24, 2.45) is 0 Å². The van der Waals surface area contributed by atoms with Gasteiger partial charge >= 0.3 is 5.97 Å². The standard InChI is InChI=1S/C19H16ClN5O4/c1-28-19(27)14-10-25(9-13-17(14)22-23-18(13)26)7-6-16-21-15(24-29-16)8-11-2-4-12(20)5-3-11/h2-5,9-10H,6-8H2,1H3,(H,23,26). The van der Waals surface area contributed by atoms with Crippen molar-refractivity contribution in [2.45, 2.75) is 19.4 Å². The van der Waals surface area contributed by atoms with Gasteiger partial charge in [-0.2, -0.15) is 10.1 Å². The molecule has 0 unspecified atom stereocenters. The summed E-state index contributed by atoms with van der Waals surface area (Å²) in [6, 6.07) is 7.43. The molecular formula is C19H16ClN5O4. The van der Waals surface area contributed by atoms with E-state index in [1.807, 2.05) is 24.3 Å². The van der Waals surface area contributed by atoms with Gasteiger partial charge in [0.05, 0.1) is 12.7 Å². The molecule has 1 aromatic heterocycles. The quantitative estimate of drug-likeness (QED) is 0.482. The molecule has 0 fully saturated rings. The van der Waals surface area contributed by atoms with Gasteiger partial charge in [-0.15, -0.1) is 0 Å². The molecule has 0 atom stereocenters. The molecule has 2 aliphatic rings. The van der Waals surface area contributed by atoms with Crippen molar-refractivity contribution < 1.29 is 14.1 Å². The summed E-state index contributed by atoms with van der Waals surface area (Å²) in [5, 5.41) is 10.9. The van der Waals surface area contributed by atoms with Gasteiger partial charge < -0.3 is 13.8 Å². The third kappa shape index (κ3) is 4.04. The fourth-order valence-corrected chi connectivity index (χ4v) is 3.08. The van der Waals surface area contributed by atoms with E-state index >= 15 is 0 Å². The fraction of sp³-hybridized carbons (Fsp3) is 0.211. The van der Waals surface area contributed by atoms with E-state index in [0.29, 0.717) is 41.7 Å². The maximum Gasteiger partial charge on any atom is 0.341 e. The minimum Gasteiger partial charge on any atom is -0.465 e. The molecule has 0 amide bonds. The Labute approximate surface area is 169 Å². The van der Waals surface area contributed by atoms with Crippen LogP contribution in [0.3, 0.4) is 0 Å². The normalized spacial score (nSPS) is 11.1. The van der Waals surface area contributed by atoms with Crippen molar-refractivity contribution in [3.05, 3.63) is 74.9 Å². The average Bonchev–Trinajstić information content (AvgIpc) is 3.33. The maximum atomic E-state index is 12.0. The minimum atomic E-state index is -0.570. The molecule has 2 aliphatic heterocycles. The number of H-pyrrole nitrogens is 1. The lowest BCUT2D eigenvalue weighted by Gasteiger charge is -2.10. The number of hydrogen-bond donors (Lipinski definition) is 1. The number of nitrogens with zero attached hydrogens (tertiary/aromatic N) is 4. The minimum absolute atomic E-state index is 0.206. The van der Waals surface area contributed by atoms with Gasteiger partial charge in [0.2, 0.25) is 5.89 Å². The zero-order chi connectivity index (χ0) is 20.4. The first-order valence-corrected chi connectivity index (χ1v) is 9.13. The van der Waals surface area contributed by atoms with Gasteiger partial charge in [-0.3, -0.25) is 4.79 Å². The Morgan fingerprint density at radius 3 is 2.83 bits per heavy atom. The van der Waals surface area contributed by atoms with Crippen molar-refractivity contribution in [1.82, 2.24) is 24.9 Å². The first kappa shape index (κ1) is 18.9. The van der Waals surface area contributed by atoms with Crippen LogP contribution in [0.4, 0.5) is 0 Å². The average molecular weight is 414 g/mol. The molecule has 148 valence electrons. The molecule has 1 aromatic carbocycles. The number of nitrogens with one attached hydrogen (secondary N) is 1. The van der Waals surface area contributed by atoms with Crippen LogP contribution in [0.25, 0.3) is 11.3 Å². The number of esters is 1. The Bertz CT molecular complexity index is 1180. The van der Waals surface area contributed by atoms with Crippen LogP contribution >= 0.6 is 11.6 Å². The molecule has 0 aliphatic carbocycles. The maximum absolute atomic E-state index is 12.0. The Kier molecular flexibility index (Phi) is 5.13. The summed E-state index contributed by atoms with van der Waals surface area (Å²) in [4.78, 5) is 28.3. The monoisotopic (exact) mass is 413 g/mol. The van der Waals surface area contributed by atoms with E-state index in [1.165, 1.54) is 7.11 Å². The van der Waals surface area contributed by atoms with E-state index in [0.717, 1.165) is 5.56 Å². The molecule has 0 spiro atoms. The number of methoxy groups -OCH3 is 1. The Morgan fingerprint density at radius 1 is 1.28 bits per heavy atom. The highest BCUT2D eigenvalue weighted by Crippen LogP contribution is 2.21. The molecule has 0 radical (unpaired) electrons. The highest BCUT2D eigenvalue weighted by Gasteiger charge is 2.22. The molecule has 9 nitrogen and oxygen atoms in total. The number of ether oxygens (including phenoxy) is 1. The van der Waals surface area contributed by atoms with Crippen LogP contribution in [0.2, 0.25) is 5.02 Å². The summed E-state index contributed by atoms with van der Waals surface area (Å²) < 4.78 is 11.8. The summed E-state index contributed by atoms with van der Waals surface area (Å²) in [7, 11) is 1.27. The van der Waals surface area contributed by atoms with Gasteiger partial charge in [-0.1, -0.05) is 28.9 Å². The molecule has 0 saturated carbocycles. The zero-order valence-corrected chi connectivity index (χ0v) is 16.1. The number of hydrogen-bond acceptors (Lipinski definition) is 7. The molecule has 1 N–H and O–H groups in total. The third-order valence-electron chi connectivity index (χ3n) is 4.39.